The number of carbonyl (C=O) groups is 1. The molecule has 0 bridgehead atoms. The lowest BCUT2D eigenvalue weighted by Gasteiger charge is -2.10. The highest BCUT2D eigenvalue weighted by Crippen LogP contribution is 2.12. The number of carboxylic acids is 1. The topological polar surface area (TPSA) is 49.3 Å². The van der Waals surface area contributed by atoms with Crippen molar-refractivity contribution in [3.8, 4) is 0 Å². The van der Waals surface area contributed by atoms with Crippen LogP contribution in [0.2, 0.25) is 0 Å². The molecule has 0 saturated carbocycles. The highest BCUT2D eigenvalue weighted by Gasteiger charge is 2.03. The number of hydrogen-bond donors (Lipinski definition) is 2. The molecule has 0 aliphatic carbocycles. The summed E-state index contributed by atoms with van der Waals surface area (Å²) in [4.78, 5) is 10.3. The summed E-state index contributed by atoms with van der Waals surface area (Å²) in [5, 5.41) is 11.5. The van der Waals surface area contributed by atoms with Gasteiger partial charge >= 0.3 is 5.97 Å². The van der Waals surface area contributed by atoms with Crippen LogP contribution in [0.4, 0.5) is 0 Å². The molecule has 1 atom stereocenters. The summed E-state index contributed by atoms with van der Waals surface area (Å²) in [6, 6.07) is 9.63. The van der Waals surface area contributed by atoms with Crippen molar-refractivity contribution in [1.82, 2.24) is 5.32 Å². The highest BCUT2D eigenvalue weighted by atomic mass is 16.4. The SMILES string of the molecule is CNC(/C=C/C(=O)O)c1ccccc1. The van der Waals surface area contributed by atoms with Crippen molar-refractivity contribution in [3.63, 3.8) is 0 Å². The van der Waals surface area contributed by atoms with Crippen LogP contribution in [-0.2, 0) is 4.79 Å². The molecule has 0 aromatic heterocycles. The first-order chi connectivity index (χ1) is 6.74. The number of carboxylic acid groups (broad SMARTS) is 1. The fourth-order valence-corrected chi connectivity index (χ4v) is 1.21. The van der Waals surface area contributed by atoms with Crippen molar-refractivity contribution in [2.24, 2.45) is 0 Å². The van der Waals surface area contributed by atoms with Gasteiger partial charge in [0.05, 0.1) is 6.04 Å². The zero-order chi connectivity index (χ0) is 10.4. The Hall–Kier alpha value is -1.61. The average Bonchev–Trinajstić information content (AvgIpc) is 2.20. The van der Waals surface area contributed by atoms with Crippen molar-refractivity contribution in [1.29, 1.82) is 0 Å². The van der Waals surface area contributed by atoms with Crippen LogP contribution in [0.5, 0.6) is 0 Å². The summed E-state index contributed by atoms with van der Waals surface area (Å²) >= 11 is 0. The van der Waals surface area contributed by atoms with Crippen LogP contribution < -0.4 is 5.32 Å². The molecular formula is C11H13NO2. The molecule has 0 spiro atoms. The van der Waals surface area contributed by atoms with Gasteiger partial charge in [0, 0.05) is 6.08 Å². The molecule has 0 fully saturated rings. The zero-order valence-electron chi connectivity index (χ0n) is 7.97. The minimum absolute atomic E-state index is 0.0488. The van der Waals surface area contributed by atoms with E-state index in [1.807, 2.05) is 30.3 Å². The maximum atomic E-state index is 10.3. The quantitative estimate of drug-likeness (QED) is 0.710. The second-order valence-corrected chi connectivity index (χ2v) is 2.87. The van der Waals surface area contributed by atoms with Crippen molar-refractivity contribution in [2.45, 2.75) is 6.04 Å². The maximum Gasteiger partial charge on any atom is 0.328 e. The fourth-order valence-electron chi connectivity index (χ4n) is 1.21. The van der Waals surface area contributed by atoms with E-state index >= 15 is 0 Å². The molecule has 0 aliphatic rings. The van der Waals surface area contributed by atoms with Crippen LogP contribution in [0.15, 0.2) is 42.5 Å². The lowest BCUT2D eigenvalue weighted by Crippen LogP contribution is -2.14. The predicted octanol–water partition coefficient (Wildman–Crippen LogP) is 1.59. The Bertz CT molecular complexity index is 319. The van der Waals surface area contributed by atoms with E-state index in [9.17, 15) is 4.79 Å². The maximum absolute atomic E-state index is 10.3. The lowest BCUT2D eigenvalue weighted by atomic mass is 10.1. The first-order valence-corrected chi connectivity index (χ1v) is 4.37. The molecule has 0 saturated heterocycles. The molecule has 1 rings (SSSR count). The predicted molar refractivity (Wildman–Crippen MR) is 55.0 cm³/mol. The largest absolute Gasteiger partial charge is 0.478 e. The zero-order valence-corrected chi connectivity index (χ0v) is 7.97. The van der Waals surface area contributed by atoms with Crippen LogP contribution in [0.3, 0.4) is 0 Å². The van der Waals surface area contributed by atoms with Gasteiger partial charge in [-0.2, -0.15) is 0 Å². The van der Waals surface area contributed by atoms with Gasteiger partial charge < -0.3 is 10.4 Å². The molecule has 1 aromatic carbocycles. The van der Waals surface area contributed by atoms with Gasteiger partial charge in [0.1, 0.15) is 0 Å². The Kier molecular flexibility index (Phi) is 3.88. The van der Waals surface area contributed by atoms with E-state index in [4.69, 9.17) is 5.11 Å². The fraction of sp³-hybridized carbons (Fsp3) is 0.182. The van der Waals surface area contributed by atoms with Gasteiger partial charge in [0.25, 0.3) is 0 Å². The van der Waals surface area contributed by atoms with Crippen molar-refractivity contribution >= 4 is 5.97 Å². The normalized spacial score (nSPS) is 12.9. The summed E-state index contributed by atoms with van der Waals surface area (Å²) in [5.41, 5.74) is 1.05. The van der Waals surface area contributed by atoms with Crippen LogP contribution >= 0.6 is 0 Å². The Balaban J connectivity index is 2.78. The molecule has 0 heterocycles. The summed E-state index contributed by atoms with van der Waals surface area (Å²) in [7, 11) is 1.80. The van der Waals surface area contributed by atoms with Gasteiger partial charge in [0.2, 0.25) is 0 Å². The van der Waals surface area contributed by atoms with E-state index in [0.29, 0.717) is 0 Å². The van der Waals surface area contributed by atoms with E-state index in [1.54, 1.807) is 13.1 Å². The average molecular weight is 191 g/mol. The van der Waals surface area contributed by atoms with E-state index in [0.717, 1.165) is 11.6 Å². The Morgan fingerprint density at radius 3 is 2.57 bits per heavy atom. The third kappa shape index (κ3) is 3.03. The minimum Gasteiger partial charge on any atom is -0.478 e. The Morgan fingerprint density at radius 1 is 1.43 bits per heavy atom. The number of aliphatic carboxylic acids is 1. The van der Waals surface area contributed by atoms with Gasteiger partial charge in [-0.25, -0.2) is 4.79 Å². The van der Waals surface area contributed by atoms with Crippen LogP contribution in [0, 0.1) is 0 Å². The number of benzene rings is 1. The van der Waals surface area contributed by atoms with Gasteiger partial charge in [0.15, 0.2) is 0 Å². The molecule has 3 nitrogen and oxygen atoms in total. The third-order valence-corrected chi connectivity index (χ3v) is 1.90. The van der Waals surface area contributed by atoms with Crippen LogP contribution in [-0.4, -0.2) is 18.1 Å². The molecule has 2 N–H and O–H groups in total. The van der Waals surface area contributed by atoms with Crippen LogP contribution in [0.1, 0.15) is 11.6 Å². The molecule has 1 aromatic rings. The second-order valence-electron chi connectivity index (χ2n) is 2.87. The summed E-state index contributed by atoms with van der Waals surface area (Å²) in [6.07, 6.45) is 2.77. The Morgan fingerprint density at radius 2 is 2.07 bits per heavy atom. The number of hydrogen-bond acceptors (Lipinski definition) is 2. The van der Waals surface area contributed by atoms with E-state index in [1.165, 1.54) is 0 Å². The number of likely N-dealkylation sites (N-methyl/N-ethyl adjacent to an activating group) is 1. The standard InChI is InChI=1S/C11H13NO2/c1-12-10(7-8-11(13)14)9-5-3-2-4-6-9/h2-8,10,12H,1H3,(H,13,14)/b8-7+. The monoisotopic (exact) mass is 191 g/mol. The molecular weight excluding hydrogens is 178 g/mol. The van der Waals surface area contributed by atoms with Crippen LogP contribution in [0.25, 0.3) is 0 Å². The third-order valence-electron chi connectivity index (χ3n) is 1.90. The minimum atomic E-state index is -0.929. The van der Waals surface area contributed by atoms with Crippen molar-refractivity contribution < 1.29 is 9.90 Å². The van der Waals surface area contributed by atoms with Gasteiger partial charge in [-0.3, -0.25) is 0 Å². The molecule has 0 aliphatic heterocycles. The van der Waals surface area contributed by atoms with Crippen molar-refractivity contribution in [2.75, 3.05) is 7.05 Å². The van der Waals surface area contributed by atoms with Gasteiger partial charge in [-0.15, -0.1) is 0 Å². The second kappa shape index (κ2) is 5.19. The lowest BCUT2D eigenvalue weighted by molar-refractivity contribution is -0.131. The molecule has 74 valence electrons. The highest BCUT2D eigenvalue weighted by molar-refractivity contribution is 5.79. The molecule has 0 radical (unpaired) electrons. The van der Waals surface area contributed by atoms with E-state index < -0.39 is 5.97 Å². The number of nitrogens with one attached hydrogen (secondary N) is 1. The number of rotatable bonds is 4. The molecule has 3 heteroatoms. The first-order valence-electron chi connectivity index (χ1n) is 4.37. The Labute approximate surface area is 83.1 Å². The summed E-state index contributed by atoms with van der Waals surface area (Å²) < 4.78 is 0. The van der Waals surface area contributed by atoms with Gasteiger partial charge in [-0.05, 0) is 12.6 Å². The van der Waals surface area contributed by atoms with Gasteiger partial charge in [-0.1, -0.05) is 36.4 Å². The van der Waals surface area contributed by atoms with E-state index in [2.05, 4.69) is 5.32 Å². The first kappa shape index (κ1) is 10.5. The smallest absolute Gasteiger partial charge is 0.328 e. The summed E-state index contributed by atoms with van der Waals surface area (Å²) in [6.45, 7) is 0. The molecule has 0 amide bonds. The summed E-state index contributed by atoms with van der Waals surface area (Å²) in [5.74, 6) is -0.929. The van der Waals surface area contributed by atoms with Crippen molar-refractivity contribution in [3.05, 3.63) is 48.0 Å². The van der Waals surface area contributed by atoms with E-state index in [-0.39, 0.29) is 6.04 Å². The molecule has 1 unspecified atom stereocenters. The molecule has 14 heavy (non-hydrogen) atoms.